The topological polar surface area (TPSA) is 52.3 Å². The van der Waals surface area contributed by atoms with E-state index in [1.165, 1.54) is 29.7 Å². The molecule has 0 spiro atoms. The Balaban J connectivity index is 1.68. The van der Waals surface area contributed by atoms with Gasteiger partial charge < -0.3 is 9.15 Å². The summed E-state index contributed by atoms with van der Waals surface area (Å²) < 4.78 is 11.4. The van der Waals surface area contributed by atoms with Crippen LogP contribution >= 0.6 is 11.3 Å². The Morgan fingerprint density at radius 2 is 2.18 bits per heavy atom. The average Bonchev–Trinajstić information content (AvgIpc) is 3.10. The maximum absolute atomic E-state index is 12.2. The fourth-order valence-electron chi connectivity index (χ4n) is 2.96. The number of carbonyl (C=O) groups excluding carboxylic acids is 1. The van der Waals surface area contributed by atoms with Gasteiger partial charge in [-0.1, -0.05) is 0 Å². The fourth-order valence-corrected chi connectivity index (χ4v) is 3.63. The van der Waals surface area contributed by atoms with Gasteiger partial charge in [-0.05, 0) is 44.4 Å². The molecule has 0 amide bonds. The van der Waals surface area contributed by atoms with Crippen LogP contribution in [0.15, 0.2) is 28.1 Å². The Morgan fingerprint density at radius 3 is 3.00 bits per heavy atom. The van der Waals surface area contributed by atoms with E-state index in [1.54, 1.807) is 11.6 Å². The molecule has 0 saturated heterocycles. The van der Waals surface area contributed by atoms with Crippen molar-refractivity contribution in [1.82, 2.24) is 4.98 Å². The monoisotopic (exact) mass is 313 g/mol. The molecule has 2 heterocycles. The zero-order chi connectivity index (χ0) is 15.1. The standard InChI is InChI=1S/C17H15NO3S/c1-10-16(22-9-18-10)17(19)20-11-6-7-15-13(8-11)12-4-2-3-5-14(12)21-15/h6-9H,2-5H2,1H3. The molecule has 0 bridgehead atoms. The van der Waals surface area contributed by atoms with E-state index in [2.05, 4.69) is 4.98 Å². The number of fused-ring (bicyclic) bond motifs is 3. The number of benzene rings is 1. The summed E-state index contributed by atoms with van der Waals surface area (Å²) in [5.74, 6) is 1.29. The van der Waals surface area contributed by atoms with Crippen LogP contribution in [0.1, 0.15) is 39.5 Å². The van der Waals surface area contributed by atoms with Gasteiger partial charge in [0.2, 0.25) is 0 Å². The van der Waals surface area contributed by atoms with E-state index < -0.39 is 0 Å². The van der Waals surface area contributed by atoms with Gasteiger partial charge in [0.15, 0.2) is 0 Å². The molecule has 3 aromatic rings. The first-order chi connectivity index (χ1) is 10.7. The van der Waals surface area contributed by atoms with Crippen molar-refractivity contribution in [2.75, 3.05) is 0 Å². The summed E-state index contributed by atoms with van der Waals surface area (Å²) in [4.78, 5) is 16.8. The van der Waals surface area contributed by atoms with Gasteiger partial charge in [-0.3, -0.25) is 0 Å². The summed E-state index contributed by atoms with van der Waals surface area (Å²) in [6.45, 7) is 1.81. The number of aromatic nitrogens is 1. The van der Waals surface area contributed by atoms with E-state index >= 15 is 0 Å². The lowest BCUT2D eigenvalue weighted by molar-refractivity contribution is 0.0739. The molecule has 0 N–H and O–H groups in total. The second-order valence-electron chi connectivity index (χ2n) is 5.53. The van der Waals surface area contributed by atoms with Crippen molar-refractivity contribution in [2.45, 2.75) is 32.6 Å². The second kappa shape index (κ2) is 5.25. The van der Waals surface area contributed by atoms with Crippen molar-refractivity contribution >= 4 is 28.3 Å². The molecular weight excluding hydrogens is 298 g/mol. The van der Waals surface area contributed by atoms with Crippen molar-refractivity contribution in [2.24, 2.45) is 0 Å². The average molecular weight is 313 g/mol. The Morgan fingerprint density at radius 1 is 1.32 bits per heavy atom. The van der Waals surface area contributed by atoms with Crippen LogP contribution in [-0.4, -0.2) is 11.0 Å². The minimum Gasteiger partial charge on any atom is -0.461 e. The highest BCUT2D eigenvalue weighted by Gasteiger charge is 2.19. The summed E-state index contributed by atoms with van der Waals surface area (Å²) >= 11 is 1.30. The highest BCUT2D eigenvalue weighted by molar-refractivity contribution is 7.11. The van der Waals surface area contributed by atoms with E-state index in [1.807, 2.05) is 19.1 Å². The maximum Gasteiger partial charge on any atom is 0.355 e. The third kappa shape index (κ3) is 2.22. The van der Waals surface area contributed by atoms with Crippen LogP contribution in [-0.2, 0) is 12.8 Å². The third-order valence-electron chi connectivity index (χ3n) is 4.07. The van der Waals surface area contributed by atoms with Gasteiger partial charge >= 0.3 is 5.97 Å². The van der Waals surface area contributed by atoms with Gasteiger partial charge in [-0.15, -0.1) is 11.3 Å². The molecule has 1 aliphatic carbocycles. The van der Waals surface area contributed by atoms with Crippen LogP contribution in [0.4, 0.5) is 0 Å². The van der Waals surface area contributed by atoms with E-state index in [-0.39, 0.29) is 5.97 Å². The number of carbonyl (C=O) groups is 1. The number of ether oxygens (including phenoxy) is 1. The normalized spacial score (nSPS) is 14.0. The van der Waals surface area contributed by atoms with Gasteiger partial charge in [-0.2, -0.15) is 0 Å². The SMILES string of the molecule is Cc1ncsc1C(=O)Oc1ccc2oc3c(c2c1)CCCC3. The molecule has 0 saturated carbocycles. The third-order valence-corrected chi connectivity index (χ3v) is 4.98. The van der Waals surface area contributed by atoms with Crippen molar-refractivity contribution in [3.63, 3.8) is 0 Å². The molecule has 2 aromatic heterocycles. The molecule has 4 nitrogen and oxygen atoms in total. The Bertz CT molecular complexity index is 862. The Labute approximate surface area is 131 Å². The van der Waals surface area contributed by atoms with Crippen LogP contribution < -0.4 is 4.74 Å². The van der Waals surface area contributed by atoms with Crippen LogP contribution in [0.2, 0.25) is 0 Å². The number of nitrogens with zero attached hydrogens (tertiary/aromatic N) is 1. The Kier molecular flexibility index (Phi) is 3.22. The van der Waals surface area contributed by atoms with E-state index in [9.17, 15) is 4.79 Å². The molecule has 0 aliphatic heterocycles. The van der Waals surface area contributed by atoms with Gasteiger partial charge in [0.05, 0.1) is 11.2 Å². The lowest BCUT2D eigenvalue weighted by atomic mass is 9.96. The molecule has 1 aromatic carbocycles. The predicted molar refractivity (Wildman–Crippen MR) is 84.7 cm³/mol. The Hall–Kier alpha value is -2.14. The smallest absolute Gasteiger partial charge is 0.355 e. The molecule has 22 heavy (non-hydrogen) atoms. The quantitative estimate of drug-likeness (QED) is 0.523. The zero-order valence-electron chi connectivity index (χ0n) is 12.2. The van der Waals surface area contributed by atoms with Gasteiger partial charge in [0.25, 0.3) is 0 Å². The van der Waals surface area contributed by atoms with E-state index in [0.29, 0.717) is 16.3 Å². The number of hydrogen-bond acceptors (Lipinski definition) is 5. The maximum atomic E-state index is 12.2. The number of esters is 1. The summed E-state index contributed by atoms with van der Waals surface area (Å²) in [7, 11) is 0. The zero-order valence-corrected chi connectivity index (χ0v) is 13.0. The molecule has 4 rings (SSSR count). The summed E-state index contributed by atoms with van der Waals surface area (Å²) in [5, 5.41) is 1.07. The number of hydrogen-bond donors (Lipinski definition) is 0. The van der Waals surface area contributed by atoms with Crippen LogP contribution in [0.25, 0.3) is 11.0 Å². The minimum absolute atomic E-state index is 0.350. The molecular formula is C17H15NO3S. The van der Waals surface area contributed by atoms with E-state index in [4.69, 9.17) is 9.15 Å². The number of furan rings is 1. The first-order valence-electron chi connectivity index (χ1n) is 7.39. The van der Waals surface area contributed by atoms with Crippen molar-refractivity contribution < 1.29 is 13.9 Å². The van der Waals surface area contributed by atoms with Crippen molar-refractivity contribution in [3.05, 3.63) is 45.6 Å². The second-order valence-corrected chi connectivity index (χ2v) is 6.38. The first kappa shape index (κ1) is 13.5. The molecule has 1 aliphatic rings. The van der Waals surface area contributed by atoms with Gasteiger partial charge in [0, 0.05) is 17.4 Å². The summed E-state index contributed by atoms with van der Waals surface area (Å²) in [6.07, 6.45) is 4.40. The molecule has 5 heteroatoms. The van der Waals surface area contributed by atoms with Crippen LogP contribution in [0.5, 0.6) is 5.75 Å². The summed E-state index contributed by atoms with van der Waals surface area (Å²) in [6, 6.07) is 5.58. The lowest BCUT2D eigenvalue weighted by Crippen LogP contribution is -2.08. The van der Waals surface area contributed by atoms with Crippen molar-refractivity contribution in [1.29, 1.82) is 0 Å². The fraction of sp³-hybridized carbons (Fsp3) is 0.294. The number of thiazole rings is 1. The minimum atomic E-state index is -0.350. The lowest BCUT2D eigenvalue weighted by Gasteiger charge is -2.08. The van der Waals surface area contributed by atoms with Crippen LogP contribution in [0, 0.1) is 6.92 Å². The van der Waals surface area contributed by atoms with Gasteiger partial charge in [-0.25, -0.2) is 9.78 Å². The number of aryl methyl sites for hydroxylation is 3. The molecule has 0 atom stereocenters. The highest BCUT2D eigenvalue weighted by atomic mass is 32.1. The summed E-state index contributed by atoms with van der Waals surface area (Å²) in [5.41, 5.74) is 4.51. The highest BCUT2D eigenvalue weighted by Crippen LogP contribution is 2.34. The predicted octanol–water partition coefficient (Wildman–Crippen LogP) is 4.30. The first-order valence-corrected chi connectivity index (χ1v) is 8.27. The molecule has 112 valence electrons. The van der Waals surface area contributed by atoms with Crippen molar-refractivity contribution in [3.8, 4) is 5.75 Å². The van der Waals surface area contributed by atoms with Gasteiger partial charge in [0.1, 0.15) is 22.0 Å². The number of rotatable bonds is 2. The molecule has 0 unspecified atom stereocenters. The molecule has 0 radical (unpaired) electrons. The van der Waals surface area contributed by atoms with E-state index in [0.717, 1.165) is 29.6 Å². The largest absolute Gasteiger partial charge is 0.461 e. The molecule has 0 fully saturated rings. The van der Waals surface area contributed by atoms with Crippen LogP contribution in [0.3, 0.4) is 0 Å².